The number of hydrogen-bond donors (Lipinski definition) is 1. The predicted octanol–water partition coefficient (Wildman–Crippen LogP) is 2.51. The van der Waals surface area contributed by atoms with Gasteiger partial charge in [0.1, 0.15) is 11.6 Å². The van der Waals surface area contributed by atoms with Gasteiger partial charge in [0.2, 0.25) is 0 Å². The molecule has 1 saturated heterocycles. The summed E-state index contributed by atoms with van der Waals surface area (Å²) in [6.07, 6.45) is 0.651. The number of rotatable bonds is 3. The van der Waals surface area contributed by atoms with Crippen molar-refractivity contribution in [1.29, 1.82) is 0 Å². The van der Waals surface area contributed by atoms with E-state index >= 15 is 0 Å². The first-order valence-electron chi connectivity index (χ1n) is 6.34. The van der Waals surface area contributed by atoms with Gasteiger partial charge in [0.05, 0.1) is 5.92 Å². The summed E-state index contributed by atoms with van der Waals surface area (Å²) in [5.41, 5.74) is 0.402. The first-order chi connectivity index (χ1) is 8.95. The highest BCUT2D eigenvalue weighted by molar-refractivity contribution is 5.70. The third kappa shape index (κ3) is 3.50. The van der Waals surface area contributed by atoms with Crippen LogP contribution in [-0.2, 0) is 11.3 Å². The Morgan fingerprint density at radius 3 is 2.79 bits per heavy atom. The smallest absolute Gasteiger partial charge is 0.307 e. The molecule has 104 valence electrons. The summed E-state index contributed by atoms with van der Waals surface area (Å²) in [5, 5.41) is 9.08. The number of piperidine rings is 1. The number of carboxylic acid groups (broad SMARTS) is 1. The summed E-state index contributed by atoms with van der Waals surface area (Å²) in [6, 6.07) is 3.50. The molecule has 1 heterocycles. The van der Waals surface area contributed by atoms with Crippen molar-refractivity contribution in [2.24, 2.45) is 11.8 Å². The van der Waals surface area contributed by atoms with Crippen LogP contribution in [0.4, 0.5) is 8.78 Å². The fourth-order valence-electron chi connectivity index (χ4n) is 2.66. The number of halogens is 2. The van der Waals surface area contributed by atoms with Gasteiger partial charge in [0.25, 0.3) is 0 Å². The monoisotopic (exact) mass is 269 g/mol. The highest BCUT2D eigenvalue weighted by atomic mass is 19.1. The second-order valence-corrected chi connectivity index (χ2v) is 5.31. The first kappa shape index (κ1) is 13.9. The molecule has 0 amide bonds. The summed E-state index contributed by atoms with van der Waals surface area (Å²) in [5.74, 6) is -2.14. The van der Waals surface area contributed by atoms with E-state index in [1.54, 1.807) is 0 Å². The lowest BCUT2D eigenvalue weighted by Gasteiger charge is -2.34. The molecule has 0 bridgehead atoms. The van der Waals surface area contributed by atoms with Crippen LogP contribution >= 0.6 is 0 Å². The molecule has 19 heavy (non-hydrogen) atoms. The standard InChI is InChI=1S/C14H17F2NO2/c1-9-4-11(14(18)19)8-17(6-9)7-10-2-3-12(15)5-13(10)16/h2-3,5,9,11H,4,6-8H2,1H3,(H,18,19). The van der Waals surface area contributed by atoms with E-state index in [1.807, 2.05) is 11.8 Å². The molecule has 2 atom stereocenters. The maximum atomic E-state index is 13.6. The average Bonchev–Trinajstić information content (AvgIpc) is 2.32. The van der Waals surface area contributed by atoms with Crippen molar-refractivity contribution in [2.45, 2.75) is 19.9 Å². The predicted molar refractivity (Wildman–Crippen MR) is 66.5 cm³/mol. The van der Waals surface area contributed by atoms with Crippen molar-refractivity contribution >= 4 is 5.97 Å². The minimum atomic E-state index is -0.809. The molecule has 0 aliphatic carbocycles. The number of likely N-dealkylation sites (tertiary alicyclic amines) is 1. The van der Waals surface area contributed by atoms with Gasteiger partial charge < -0.3 is 5.11 Å². The maximum absolute atomic E-state index is 13.6. The van der Waals surface area contributed by atoms with Gasteiger partial charge in [-0.3, -0.25) is 9.69 Å². The summed E-state index contributed by atoms with van der Waals surface area (Å²) < 4.78 is 26.4. The number of carbonyl (C=O) groups is 1. The Kier molecular flexibility index (Phi) is 4.14. The molecule has 3 nitrogen and oxygen atoms in total. The number of hydrogen-bond acceptors (Lipinski definition) is 2. The van der Waals surface area contributed by atoms with Crippen LogP contribution in [0, 0.1) is 23.5 Å². The van der Waals surface area contributed by atoms with Crippen molar-refractivity contribution in [2.75, 3.05) is 13.1 Å². The van der Waals surface area contributed by atoms with E-state index in [0.29, 0.717) is 25.1 Å². The van der Waals surface area contributed by atoms with E-state index in [9.17, 15) is 13.6 Å². The van der Waals surface area contributed by atoms with Crippen LogP contribution in [0.1, 0.15) is 18.9 Å². The summed E-state index contributed by atoms with van der Waals surface area (Å²) in [7, 11) is 0. The van der Waals surface area contributed by atoms with Crippen LogP contribution in [0.2, 0.25) is 0 Å². The zero-order chi connectivity index (χ0) is 14.0. The molecular weight excluding hydrogens is 252 g/mol. The highest BCUT2D eigenvalue weighted by Gasteiger charge is 2.29. The second kappa shape index (κ2) is 5.65. The third-order valence-corrected chi connectivity index (χ3v) is 3.49. The highest BCUT2D eigenvalue weighted by Crippen LogP contribution is 2.24. The molecule has 1 fully saturated rings. The Labute approximate surface area is 110 Å². The molecule has 1 aromatic carbocycles. The zero-order valence-electron chi connectivity index (χ0n) is 10.8. The summed E-state index contributed by atoms with van der Waals surface area (Å²) in [4.78, 5) is 13.0. The van der Waals surface area contributed by atoms with Crippen molar-refractivity contribution in [3.05, 3.63) is 35.4 Å². The third-order valence-electron chi connectivity index (χ3n) is 3.49. The van der Waals surface area contributed by atoms with Gasteiger partial charge >= 0.3 is 5.97 Å². The minimum absolute atomic E-state index is 0.262. The molecule has 5 heteroatoms. The molecule has 1 aliphatic heterocycles. The van der Waals surface area contributed by atoms with Crippen molar-refractivity contribution < 1.29 is 18.7 Å². The molecule has 0 radical (unpaired) electrons. The van der Waals surface area contributed by atoms with Crippen LogP contribution in [-0.4, -0.2) is 29.1 Å². The number of carboxylic acids is 1. The SMILES string of the molecule is CC1CC(C(=O)O)CN(Cc2ccc(F)cc2F)C1. The van der Waals surface area contributed by atoms with Crippen LogP contribution in [0.25, 0.3) is 0 Å². The summed E-state index contributed by atoms with van der Waals surface area (Å²) >= 11 is 0. The molecule has 2 unspecified atom stereocenters. The second-order valence-electron chi connectivity index (χ2n) is 5.31. The average molecular weight is 269 g/mol. The molecule has 1 N–H and O–H groups in total. The molecular formula is C14H17F2NO2. The van der Waals surface area contributed by atoms with Crippen LogP contribution in [0.3, 0.4) is 0 Å². The topological polar surface area (TPSA) is 40.5 Å². The Hall–Kier alpha value is -1.49. The fraction of sp³-hybridized carbons (Fsp3) is 0.500. The van der Waals surface area contributed by atoms with Crippen LogP contribution in [0.15, 0.2) is 18.2 Å². The normalized spacial score (nSPS) is 24.4. The quantitative estimate of drug-likeness (QED) is 0.916. The van der Waals surface area contributed by atoms with E-state index in [2.05, 4.69) is 0 Å². The van der Waals surface area contributed by atoms with E-state index in [4.69, 9.17) is 5.11 Å². The van der Waals surface area contributed by atoms with Crippen molar-refractivity contribution in [3.63, 3.8) is 0 Å². The van der Waals surface area contributed by atoms with Gasteiger partial charge in [-0.15, -0.1) is 0 Å². The number of benzene rings is 1. The molecule has 0 aromatic heterocycles. The van der Waals surface area contributed by atoms with E-state index in [-0.39, 0.29) is 5.92 Å². The molecule has 2 rings (SSSR count). The lowest BCUT2D eigenvalue weighted by Crippen LogP contribution is -2.42. The number of aliphatic carboxylic acids is 1. The van der Waals surface area contributed by atoms with E-state index in [0.717, 1.165) is 12.6 Å². The van der Waals surface area contributed by atoms with Crippen molar-refractivity contribution in [3.8, 4) is 0 Å². The molecule has 0 spiro atoms. The maximum Gasteiger partial charge on any atom is 0.307 e. The van der Waals surface area contributed by atoms with Gasteiger partial charge in [0.15, 0.2) is 0 Å². The van der Waals surface area contributed by atoms with Crippen LogP contribution in [0.5, 0.6) is 0 Å². The Balaban J connectivity index is 2.07. The van der Waals surface area contributed by atoms with Gasteiger partial charge in [-0.2, -0.15) is 0 Å². The fourth-order valence-corrected chi connectivity index (χ4v) is 2.66. The Morgan fingerprint density at radius 2 is 2.16 bits per heavy atom. The minimum Gasteiger partial charge on any atom is -0.481 e. The lowest BCUT2D eigenvalue weighted by atomic mass is 9.90. The van der Waals surface area contributed by atoms with Gasteiger partial charge in [0, 0.05) is 31.3 Å². The first-order valence-corrected chi connectivity index (χ1v) is 6.34. The number of nitrogens with zero attached hydrogens (tertiary/aromatic N) is 1. The van der Waals surface area contributed by atoms with Crippen LogP contribution < -0.4 is 0 Å². The molecule has 1 aliphatic rings. The van der Waals surface area contributed by atoms with Gasteiger partial charge in [-0.25, -0.2) is 8.78 Å². The lowest BCUT2D eigenvalue weighted by molar-refractivity contribution is -0.144. The largest absolute Gasteiger partial charge is 0.481 e. The zero-order valence-corrected chi connectivity index (χ0v) is 10.8. The molecule has 0 saturated carbocycles. The van der Waals surface area contributed by atoms with Crippen molar-refractivity contribution in [1.82, 2.24) is 4.90 Å². The summed E-state index contributed by atoms with van der Waals surface area (Å²) in [6.45, 7) is 3.46. The Bertz CT molecular complexity index is 479. The van der Waals surface area contributed by atoms with E-state index in [1.165, 1.54) is 12.1 Å². The molecule has 1 aromatic rings. The Morgan fingerprint density at radius 1 is 1.42 bits per heavy atom. The van der Waals surface area contributed by atoms with Gasteiger partial charge in [-0.05, 0) is 18.4 Å². The van der Waals surface area contributed by atoms with Gasteiger partial charge in [-0.1, -0.05) is 13.0 Å². The van der Waals surface area contributed by atoms with E-state index < -0.39 is 23.5 Å².